The van der Waals surface area contributed by atoms with Gasteiger partial charge in [-0.1, -0.05) is 54.6 Å². The fraction of sp³-hybridized carbons (Fsp3) is 0.250. The van der Waals surface area contributed by atoms with Crippen LogP contribution in [0.15, 0.2) is 54.6 Å². The molecule has 94 valence electrons. The van der Waals surface area contributed by atoms with Crippen LogP contribution in [0, 0.1) is 0 Å². The van der Waals surface area contributed by atoms with Crippen LogP contribution < -0.4 is 5.32 Å². The Balaban J connectivity index is 2.19. The van der Waals surface area contributed by atoms with E-state index < -0.39 is 0 Å². The number of hydrogen-bond acceptors (Lipinski definition) is 2. The van der Waals surface area contributed by atoms with Gasteiger partial charge in [-0.05, 0) is 23.7 Å². The zero-order valence-electron chi connectivity index (χ0n) is 10.6. The molecular weight excluding hydrogens is 222 g/mol. The van der Waals surface area contributed by atoms with Gasteiger partial charge in [-0.15, -0.1) is 0 Å². The third-order valence-corrected chi connectivity index (χ3v) is 3.16. The number of likely N-dealkylation sites (N-methyl/N-ethyl adjacent to an activating group) is 1. The third kappa shape index (κ3) is 2.97. The first-order chi connectivity index (χ1) is 8.85. The average molecular weight is 241 g/mol. The lowest BCUT2D eigenvalue weighted by Gasteiger charge is -2.14. The summed E-state index contributed by atoms with van der Waals surface area (Å²) >= 11 is 0. The van der Waals surface area contributed by atoms with Gasteiger partial charge >= 0.3 is 0 Å². The van der Waals surface area contributed by atoms with Gasteiger partial charge in [-0.25, -0.2) is 0 Å². The van der Waals surface area contributed by atoms with Crippen molar-refractivity contribution in [1.82, 2.24) is 5.32 Å². The molecule has 2 nitrogen and oxygen atoms in total. The maximum absolute atomic E-state index is 9.36. The molecule has 0 amide bonds. The van der Waals surface area contributed by atoms with Gasteiger partial charge < -0.3 is 10.4 Å². The molecule has 2 rings (SSSR count). The van der Waals surface area contributed by atoms with E-state index in [1.807, 2.05) is 25.2 Å². The Bertz CT molecular complexity index is 464. The highest BCUT2D eigenvalue weighted by molar-refractivity contribution is 5.63. The minimum absolute atomic E-state index is 0.167. The van der Waals surface area contributed by atoms with E-state index in [4.69, 9.17) is 0 Å². The molecule has 0 heterocycles. The molecule has 0 bridgehead atoms. The van der Waals surface area contributed by atoms with E-state index in [-0.39, 0.29) is 12.5 Å². The molecule has 0 spiro atoms. The summed E-state index contributed by atoms with van der Waals surface area (Å²) in [6, 6.07) is 18.7. The van der Waals surface area contributed by atoms with Crippen molar-refractivity contribution in [2.45, 2.75) is 5.92 Å². The fourth-order valence-corrected chi connectivity index (χ4v) is 2.11. The standard InChI is InChI=1S/C16H19NO/c1-17-11-16(12-18)15-9-7-14(8-10-15)13-5-3-2-4-6-13/h2-10,16-18H,11-12H2,1H3. The highest BCUT2D eigenvalue weighted by atomic mass is 16.3. The van der Waals surface area contributed by atoms with Crippen LogP contribution >= 0.6 is 0 Å². The molecule has 0 aliphatic heterocycles. The van der Waals surface area contributed by atoms with Gasteiger partial charge in [0.2, 0.25) is 0 Å². The van der Waals surface area contributed by atoms with Crippen molar-refractivity contribution in [3.63, 3.8) is 0 Å². The topological polar surface area (TPSA) is 32.3 Å². The summed E-state index contributed by atoms with van der Waals surface area (Å²) in [5.74, 6) is 0.167. The van der Waals surface area contributed by atoms with Crippen molar-refractivity contribution in [2.75, 3.05) is 20.2 Å². The van der Waals surface area contributed by atoms with Crippen molar-refractivity contribution < 1.29 is 5.11 Å². The summed E-state index contributed by atoms with van der Waals surface area (Å²) in [6.45, 7) is 0.965. The maximum Gasteiger partial charge on any atom is 0.0511 e. The minimum Gasteiger partial charge on any atom is -0.396 e. The van der Waals surface area contributed by atoms with E-state index in [2.05, 4.69) is 41.7 Å². The number of nitrogens with one attached hydrogen (secondary N) is 1. The predicted molar refractivity (Wildman–Crippen MR) is 75.6 cm³/mol. The van der Waals surface area contributed by atoms with Crippen molar-refractivity contribution >= 4 is 0 Å². The van der Waals surface area contributed by atoms with Crippen molar-refractivity contribution in [1.29, 1.82) is 0 Å². The molecule has 1 atom stereocenters. The number of aliphatic hydroxyl groups is 1. The molecule has 0 saturated carbocycles. The molecule has 2 aromatic carbocycles. The van der Waals surface area contributed by atoms with Crippen LogP contribution in [0.2, 0.25) is 0 Å². The molecule has 2 N–H and O–H groups in total. The molecule has 2 aromatic rings. The van der Waals surface area contributed by atoms with Gasteiger partial charge in [0.05, 0.1) is 6.61 Å². The first-order valence-electron chi connectivity index (χ1n) is 6.26. The van der Waals surface area contributed by atoms with E-state index in [0.717, 1.165) is 6.54 Å². The van der Waals surface area contributed by atoms with Crippen LogP contribution in [0.3, 0.4) is 0 Å². The summed E-state index contributed by atoms with van der Waals surface area (Å²) in [4.78, 5) is 0. The van der Waals surface area contributed by atoms with E-state index >= 15 is 0 Å². The van der Waals surface area contributed by atoms with Gasteiger partial charge in [-0.3, -0.25) is 0 Å². The number of benzene rings is 2. The van der Waals surface area contributed by atoms with Crippen molar-refractivity contribution in [3.05, 3.63) is 60.2 Å². The Labute approximate surface area is 108 Å². The van der Waals surface area contributed by atoms with Gasteiger partial charge in [0.1, 0.15) is 0 Å². The molecular formula is C16H19NO. The highest BCUT2D eigenvalue weighted by Gasteiger charge is 2.09. The second-order valence-corrected chi connectivity index (χ2v) is 4.43. The smallest absolute Gasteiger partial charge is 0.0511 e. The zero-order valence-corrected chi connectivity index (χ0v) is 10.6. The largest absolute Gasteiger partial charge is 0.396 e. The lowest BCUT2D eigenvalue weighted by atomic mass is 9.97. The highest BCUT2D eigenvalue weighted by Crippen LogP contribution is 2.22. The predicted octanol–water partition coefficient (Wildman–Crippen LogP) is 2.65. The van der Waals surface area contributed by atoms with Gasteiger partial charge in [0.15, 0.2) is 0 Å². The van der Waals surface area contributed by atoms with Crippen LogP contribution in [-0.2, 0) is 0 Å². The van der Waals surface area contributed by atoms with E-state index in [1.54, 1.807) is 0 Å². The van der Waals surface area contributed by atoms with Crippen LogP contribution in [0.4, 0.5) is 0 Å². The van der Waals surface area contributed by atoms with Gasteiger partial charge in [0.25, 0.3) is 0 Å². The van der Waals surface area contributed by atoms with Crippen LogP contribution in [0.1, 0.15) is 11.5 Å². The second-order valence-electron chi connectivity index (χ2n) is 4.43. The van der Waals surface area contributed by atoms with Crippen molar-refractivity contribution in [3.8, 4) is 11.1 Å². The number of rotatable bonds is 5. The Hall–Kier alpha value is -1.64. The average Bonchev–Trinajstić information content (AvgIpc) is 2.46. The maximum atomic E-state index is 9.36. The quantitative estimate of drug-likeness (QED) is 0.843. The molecule has 0 aromatic heterocycles. The Morgan fingerprint density at radius 2 is 1.56 bits per heavy atom. The lowest BCUT2D eigenvalue weighted by molar-refractivity contribution is 0.263. The first kappa shape index (κ1) is 12.8. The van der Waals surface area contributed by atoms with Crippen LogP contribution in [0.25, 0.3) is 11.1 Å². The lowest BCUT2D eigenvalue weighted by Crippen LogP contribution is -2.19. The third-order valence-electron chi connectivity index (χ3n) is 3.16. The normalized spacial score (nSPS) is 12.3. The van der Waals surface area contributed by atoms with E-state index in [9.17, 15) is 5.11 Å². The van der Waals surface area contributed by atoms with Gasteiger partial charge in [0, 0.05) is 12.5 Å². The number of aliphatic hydroxyl groups excluding tert-OH is 1. The molecule has 2 heteroatoms. The van der Waals surface area contributed by atoms with Gasteiger partial charge in [-0.2, -0.15) is 0 Å². The fourth-order valence-electron chi connectivity index (χ4n) is 2.11. The Morgan fingerprint density at radius 1 is 0.944 bits per heavy atom. The Kier molecular flexibility index (Phi) is 4.51. The summed E-state index contributed by atoms with van der Waals surface area (Å²) in [7, 11) is 1.90. The summed E-state index contributed by atoms with van der Waals surface area (Å²) in [6.07, 6.45) is 0. The molecule has 1 unspecified atom stereocenters. The molecule has 0 saturated heterocycles. The summed E-state index contributed by atoms with van der Waals surface area (Å²) in [5, 5.41) is 12.5. The zero-order chi connectivity index (χ0) is 12.8. The summed E-state index contributed by atoms with van der Waals surface area (Å²) in [5.41, 5.74) is 3.60. The molecule has 0 radical (unpaired) electrons. The van der Waals surface area contributed by atoms with Crippen molar-refractivity contribution in [2.24, 2.45) is 0 Å². The van der Waals surface area contributed by atoms with E-state index in [1.165, 1.54) is 16.7 Å². The Morgan fingerprint density at radius 3 is 2.11 bits per heavy atom. The first-order valence-corrected chi connectivity index (χ1v) is 6.26. The molecule has 0 aliphatic carbocycles. The molecule has 0 aliphatic rings. The summed E-state index contributed by atoms with van der Waals surface area (Å²) < 4.78 is 0. The SMILES string of the molecule is CNCC(CO)c1ccc(-c2ccccc2)cc1. The number of hydrogen-bond donors (Lipinski definition) is 2. The second kappa shape index (κ2) is 6.34. The van der Waals surface area contributed by atoms with Crippen LogP contribution in [0.5, 0.6) is 0 Å². The minimum atomic E-state index is 0.167. The van der Waals surface area contributed by atoms with E-state index in [0.29, 0.717) is 0 Å². The molecule has 18 heavy (non-hydrogen) atoms. The molecule has 0 fully saturated rings. The van der Waals surface area contributed by atoms with Crippen LogP contribution in [-0.4, -0.2) is 25.3 Å². The monoisotopic (exact) mass is 241 g/mol.